The molecule has 0 saturated carbocycles. The largest absolute Gasteiger partial charge is 0.313 e. The van der Waals surface area contributed by atoms with Crippen LogP contribution < -0.4 is 5.32 Å². The molecule has 0 fully saturated rings. The molecular formula is C13H20BrNS. The van der Waals surface area contributed by atoms with Crippen LogP contribution in [0.2, 0.25) is 0 Å². The average molecular weight is 302 g/mol. The van der Waals surface area contributed by atoms with Crippen molar-refractivity contribution in [2.24, 2.45) is 0 Å². The van der Waals surface area contributed by atoms with Gasteiger partial charge in [-0.25, -0.2) is 0 Å². The van der Waals surface area contributed by atoms with E-state index in [4.69, 9.17) is 0 Å². The number of thioether (sulfide) groups is 1. The number of halogens is 1. The molecule has 1 rings (SSSR count). The minimum Gasteiger partial charge on any atom is -0.313 e. The lowest BCUT2D eigenvalue weighted by Crippen LogP contribution is -2.35. The van der Waals surface area contributed by atoms with Crippen molar-refractivity contribution < 1.29 is 0 Å². The topological polar surface area (TPSA) is 12.0 Å². The van der Waals surface area contributed by atoms with E-state index in [1.807, 2.05) is 11.8 Å². The first-order valence-corrected chi connectivity index (χ1v) is 7.50. The van der Waals surface area contributed by atoms with Crippen LogP contribution >= 0.6 is 27.7 Å². The normalized spacial score (nSPS) is 14.8. The fourth-order valence-electron chi connectivity index (χ4n) is 1.71. The monoisotopic (exact) mass is 301 g/mol. The second kappa shape index (κ2) is 7.36. The number of hydrogen-bond donors (Lipinski definition) is 1. The third kappa shape index (κ3) is 4.48. The van der Waals surface area contributed by atoms with Crippen molar-refractivity contribution in [2.75, 3.05) is 6.54 Å². The molecule has 0 heterocycles. The summed E-state index contributed by atoms with van der Waals surface area (Å²) in [6.45, 7) is 7.75. The van der Waals surface area contributed by atoms with Gasteiger partial charge in [-0.05, 0) is 37.2 Å². The summed E-state index contributed by atoms with van der Waals surface area (Å²) in [7, 11) is 0. The molecule has 0 bridgehead atoms. The molecule has 3 heteroatoms. The highest BCUT2D eigenvalue weighted by Crippen LogP contribution is 2.27. The Balaban J connectivity index is 2.55. The lowest BCUT2D eigenvalue weighted by atomic mass is 10.2. The van der Waals surface area contributed by atoms with Gasteiger partial charge in [-0.1, -0.05) is 36.7 Å². The molecular weight excluding hydrogens is 282 g/mol. The average Bonchev–Trinajstić information content (AvgIpc) is 2.29. The van der Waals surface area contributed by atoms with Crippen LogP contribution in [0.1, 0.15) is 27.2 Å². The van der Waals surface area contributed by atoms with E-state index in [0.717, 1.165) is 11.0 Å². The predicted octanol–water partition coefficient (Wildman–Crippen LogP) is 4.32. The summed E-state index contributed by atoms with van der Waals surface area (Å²) in [4.78, 5) is 1.34. The first-order valence-electron chi connectivity index (χ1n) is 5.83. The second-order valence-electron chi connectivity index (χ2n) is 3.85. The standard InChI is InChI=1S/C13H20BrNS/c1-4-13(15-5-2)10(3)16-12-8-6-11(14)7-9-12/h6-10,13,15H,4-5H2,1-3H3. The van der Waals surface area contributed by atoms with Crippen LogP contribution in [0.15, 0.2) is 33.6 Å². The molecule has 0 amide bonds. The molecule has 0 aliphatic heterocycles. The number of nitrogens with one attached hydrogen (secondary N) is 1. The Morgan fingerprint density at radius 1 is 1.25 bits per heavy atom. The zero-order valence-electron chi connectivity index (χ0n) is 10.2. The van der Waals surface area contributed by atoms with Gasteiger partial charge in [0.25, 0.3) is 0 Å². The minimum atomic E-state index is 0.596. The number of hydrogen-bond acceptors (Lipinski definition) is 2. The van der Waals surface area contributed by atoms with E-state index in [9.17, 15) is 0 Å². The Kier molecular flexibility index (Phi) is 6.47. The molecule has 0 aliphatic carbocycles. The quantitative estimate of drug-likeness (QED) is 0.786. The van der Waals surface area contributed by atoms with Crippen molar-refractivity contribution in [2.45, 2.75) is 43.4 Å². The molecule has 1 nitrogen and oxygen atoms in total. The molecule has 1 aromatic rings. The zero-order valence-corrected chi connectivity index (χ0v) is 12.6. The SMILES string of the molecule is CCNC(CC)C(C)Sc1ccc(Br)cc1. The van der Waals surface area contributed by atoms with Crippen LogP contribution in [0.5, 0.6) is 0 Å². The molecule has 0 aromatic heterocycles. The Hall–Kier alpha value is 0.01000. The van der Waals surface area contributed by atoms with E-state index in [-0.39, 0.29) is 0 Å². The lowest BCUT2D eigenvalue weighted by molar-refractivity contribution is 0.509. The van der Waals surface area contributed by atoms with E-state index < -0.39 is 0 Å². The maximum absolute atomic E-state index is 3.53. The van der Waals surface area contributed by atoms with Gasteiger partial charge in [0.2, 0.25) is 0 Å². The lowest BCUT2D eigenvalue weighted by Gasteiger charge is -2.23. The molecule has 2 unspecified atom stereocenters. The first kappa shape index (κ1) is 14.1. The van der Waals surface area contributed by atoms with Crippen LogP contribution in [0, 0.1) is 0 Å². The Labute approximate surface area is 112 Å². The van der Waals surface area contributed by atoms with Gasteiger partial charge in [-0.15, -0.1) is 11.8 Å². The molecule has 0 saturated heterocycles. The molecule has 2 atom stereocenters. The highest BCUT2D eigenvalue weighted by atomic mass is 79.9. The van der Waals surface area contributed by atoms with Gasteiger partial charge in [0.15, 0.2) is 0 Å². The van der Waals surface area contributed by atoms with E-state index in [0.29, 0.717) is 11.3 Å². The van der Waals surface area contributed by atoms with Crippen molar-refractivity contribution in [3.63, 3.8) is 0 Å². The fraction of sp³-hybridized carbons (Fsp3) is 0.538. The molecule has 0 radical (unpaired) electrons. The van der Waals surface area contributed by atoms with E-state index in [1.54, 1.807) is 0 Å². The van der Waals surface area contributed by atoms with E-state index in [1.165, 1.54) is 11.3 Å². The Bertz CT molecular complexity index is 299. The van der Waals surface area contributed by atoms with Gasteiger partial charge >= 0.3 is 0 Å². The van der Waals surface area contributed by atoms with Gasteiger partial charge in [-0.3, -0.25) is 0 Å². The maximum Gasteiger partial charge on any atom is 0.0220 e. The van der Waals surface area contributed by atoms with Crippen LogP contribution in [-0.4, -0.2) is 17.8 Å². The molecule has 1 N–H and O–H groups in total. The number of benzene rings is 1. The third-order valence-electron chi connectivity index (χ3n) is 2.61. The Morgan fingerprint density at radius 2 is 1.88 bits per heavy atom. The van der Waals surface area contributed by atoms with Crippen molar-refractivity contribution in [1.82, 2.24) is 5.32 Å². The fourth-order valence-corrected chi connectivity index (χ4v) is 3.15. The predicted molar refractivity (Wildman–Crippen MR) is 77.2 cm³/mol. The molecule has 0 aliphatic rings. The van der Waals surface area contributed by atoms with Gasteiger partial charge < -0.3 is 5.32 Å². The van der Waals surface area contributed by atoms with Crippen molar-refractivity contribution >= 4 is 27.7 Å². The maximum atomic E-state index is 3.53. The summed E-state index contributed by atoms with van der Waals surface area (Å²) in [5.41, 5.74) is 0. The summed E-state index contributed by atoms with van der Waals surface area (Å²) in [5, 5.41) is 4.14. The summed E-state index contributed by atoms with van der Waals surface area (Å²) < 4.78 is 1.14. The highest BCUT2D eigenvalue weighted by molar-refractivity contribution is 9.10. The van der Waals surface area contributed by atoms with E-state index in [2.05, 4.69) is 66.3 Å². The smallest absolute Gasteiger partial charge is 0.0220 e. The van der Waals surface area contributed by atoms with Crippen LogP contribution in [0.25, 0.3) is 0 Å². The highest BCUT2D eigenvalue weighted by Gasteiger charge is 2.15. The van der Waals surface area contributed by atoms with Gasteiger partial charge in [0, 0.05) is 20.7 Å². The van der Waals surface area contributed by atoms with E-state index >= 15 is 0 Å². The van der Waals surface area contributed by atoms with Crippen molar-refractivity contribution in [3.8, 4) is 0 Å². The van der Waals surface area contributed by atoms with Gasteiger partial charge in [-0.2, -0.15) is 0 Å². The summed E-state index contributed by atoms with van der Waals surface area (Å²) in [5.74, 6) is 0. The summed E-state index contributed by atoms with van der Waals surface area (Å²) in [6.07, 6.45) is 1.18. The molecule has 90 valence electrons. The second-order valence-corrected chi connectivity index (χ2v) is 6.22. The summed E-state index contributed by atoms with van der Waals surface area (Å²) >= 11 is 5.40. The van der Waals surface area contributed by atoms with Crippen molar-refractivity contribution in [1.29, 1.82) is 0 Å². The van der Waals surface area contributed by atoms with Crippen LogP contribution in [0.4, 0.5) is 0 Å². The first-order chi connectivity index (χ1) is 7.67. The van der Waals surface area contributed by atoms with Gasteiger partial charge in [0.05, 0.1) is 0 Å². The van der Waals surface area contributed by atoms with Crippen LogP contribution in [0.3, 0.4) is 0 Å². The minimum absolute atomic E-state index is 0.596. The molecule has 16 heavy (non-hydrogen) atoms. The Morgan fingerprint density at radius 3 is 2.38 bits per heavy atom. The molecule has 0 spiro atoms. The summed E-state index contributed by atoms with van der Waals surface area (Å²) in [6, 6.07) is 9.14. The third-order valence-corrected chi connectivity index (χ3v) is 4.38. The zero-order chi connectivity index (χ0) is 12.0. The molecule has 1 aromatic carbocycles. The van der Waals surface area contributed by atoms with Crippen LogP contribution in [-0.2, 0) is 0 Å². The number of rotatable bonds is 6. The van der Waals surface area contributed by atoms with Crippen molar-refractivity contribution in [3.05, 3.63) is 28.7 Å². The van der Waals surface area contributed by atoms with Gasteiger partial charge in [0.1, 0.15) is 0 Å².